The minimum Gasteiger partial charge on any atom is -0.331 e. The Balaban J connectivity index is 0.000000770. The molecule has 0 aliphatic carbocycles. The van der Waals surface area contributed by atoms with Gasteiger partial charge in [0.2, 0.25) is 0 Å². The number of rotatable bonds is 3. The normalized spacial score (nSPS) is 10.9. The van der Waals surface area contributed by atoms with Gasteiger partial charge in [0.05, 0.1) is 0 Å². The molecule has 1 aromatic rings. The van der Waals surface area contributed by atoms with Crippen LogP contribution in [0.5, 0.6) is 0 Å². The Morgan fingerprint density at radius 1 is 1.24 bits per heavy atom. The van der Waals surface area contributed by atoms with E-state index in [1.165, 1.54) is 16.7 Å². The van der Waals surface area contributed by atoms with E-state index in [0.29, 0.717) is 0 Å². The maximum atomic E-state index is 4.85. The minimum atomic E-state index is 0.750. The van der Waals surface area contributed by atoms with Crippen LogP contribution in [-0.2, 0) is 0 Å². The van der Waals surface area contributed by atoms with Crippen molar-refractivity contribution in [1.29, 1.82) is 0 Å². The number of allylic oxidation sites excluding steroid dienone is 5. The lowest BCUT2D eigenvalue weighted by Crippen LogP contribution is -1.87. The highest BCUT2D eigenvalue weighted by Gasteiger charge is 1.92. The first-order valence-corrected chi connectivity index (χ1v) is 5.88. The average Bonchev–Trinajstić information content (AvgIpc) is 2.31. The Morgan fingerprint density at radius 3 is 2.24 bits per heavy atom. The van der Waals surface area contributed by atoms with Crippen LogP contribution in [0.15, 0.2) is 55.1 Å². The smallest absolute Gasteiger partial charge is 0.0106 e. The fraction of sp³-hybridized carbons (Fsp3) is 0.250. The van der Waals surface area contributed by atoms with Gasteiger partial charge in [-0.05, 0) is 31.5 Å². The molecular weight excluding hydrogens is 206 g/mol. The molecular formula is C16H23N. The highest BCUT2D eigenvalue weighted by atomic mass is 14.5. The summed E-state index contributed by atoms with van der Waals surface area (Å²) < 4.78 is 0. The first-order chi connectivity index (χ1) is 8.15. The summed E-state index contributed by atoms with van der Waals surface area (Å²) in [5.41, 5.74) is 8.68. The van der Waals surface area contributed by atoms with Crippen molar-refractivity contribution in [2.24, 2.45) is 5.73 Å². The zero-order valence-corrected chi connectivity index (χ0v) is 11.1. The van der Waals surface area contributed by atoms with Crippen LogP contribution in [0, 0.1) is 6.92 Å². The fourth-order valence-corrected chi connectivity index (χ4v) is 1.19. The van der Waals surface area contributed by atoms with Crippen molar-refractivity contribution >= 4 is 5.57 Å². The summed E-state index contributed by atoms with van der Waals surface area (Å²) in [6.07, 6.45) is 7.80. The van der Waals surface area contributed by atoms with E-state index in [2.05, 4.69) is 50.8 Å². The quantitative estimate of drug-likeness (QED) is 0.776. The minimum absolute atomic E-state index is 0.750. The Bertz CT molecular complexity index is 369. The number of aryl methyl sites for hydroxylation is 1. The van der Waals surface area contributed by atoms with Crippen molar-refractivity contribution in [3.05, 3.63) is 66.3 Å². The largest absolute Gasteiger partial charge is 0.331 e. The molecule has 0 amide bonds. The van der Waals surface area contributed by atoms with Gasteiger partial charge in [0.25, 0.3) is 0 Å². The van der Waals surface area contributed by atoms with Crippen molar-refractivity contribution in [3.8, 4) is 0 Å². The zero-order valence-electron chi connectivity index (χ0n) is 11.1. The summed E-state index contributed by atoms with van der Waals surface area (Å²) in [6.45, 7) is 10.5. The molecule has 92 valence electrons. The molecule has 0 radical (unpaired) electrons. The SMILES string of the molecule is C=C/C=C\C=C(/C)c1ccc(C)cc1.CCN. The van der Waals surface area contributed by atoms with E-state index < -0.39 is 0 Å². The third kappa shape index (κ3) is 7.31. The maximum Gasteiger partial charge on any atom is -0.0106 e. The van der Waals surface area contributed by atoms with E-state index in [4.69, 9.17) is 5.73 Å². The van der Waals surface area contributed by atoms with E-state index in [1.54, 1.807) is 6.08 Å². The van der Waals surface area contributed by atoms with Crippen LogP contribution in [-0.4, -0.2) is 6.54 Å². The molecule has 0 atom stereocenters. The van der Waals surface area contributed by atoms with E-state index in [0.717, 1.165) is 6.54 Å². The van der Waals surface area contributed by atoms with Crippen LogP contribution in [0.3, 0.4) is 0 Å². The van der Waals surface area contributed by atoms with E-state index in [9.17, 15) is 0 Å². The van der Waals surface area contributed by atoms with Gasteiger partial charge in [0, 0.05) is 0 Å². The molecule has 1 aromatic carbocycles. The molecule has 0 unspecified atom stereocenters. The van der Waals surface area contributed by atoms with Gasteiger partial charge >= 0.3 is 0 Å². The van der Waals surface area contributed by atoms with Crippen molar-refractivity contribution in [2.75, 3.05) is 6.54 Å². The van der Waals surface area contributed by atoms with Crippen LogP contribution in [0.4, 0.5) is 0 Å². The molecule has 17 heavy (non-hydrogen) atoms. The molecule has 0 bridgehead atoms. The lowest BCUT2D eigenvalue weighted by atomic mass is 10.1. The molecule has 0 fully saturated rings. The molecule has 0 saturated heterocycles. The predicted octanol–water partition coefficient (Wildman–Crippen LogP) is 4.11. The fourth-order valence-electron chi connectivity index (χ4n) is 1.19. The van der Waals surface area contributed by atoms with Crippen LogP contribution in [0.1, 0.15) is 25.0 Å². The van der Waals surface area contributed by atoms with Gasteiger partial charge in [-0.2, -0.15) is 0 Å². The number of nitrogens with two attached hydrogens (primary N) is 1. The Morgan fingerprint density at radius 2 is 1.76 bits per heavy atom. The van der Waals surface area contributed by atoms with Crippen LogP contribution >= 0.6 is 0 Å². The Hall–Kier alpha value is -1.60. The number of hydrogen-bond acceptors (Lipinski definition) is 1. The summed E-state index contributed by atoms with van der Waals surface area (Å²) in [5.74, 6) is 0. The summed E-state index contributed by atoms with van der Waals surface area (Å²) in [5, 5.41) is 0. The van der Waals surface area contributed by atoms with Gasteiger partial charge < -0.3 is 5.73 Å². The van der Waals surface area contributed by atoms with Gasteiger partial charge in [-0.1, -0.05) is 67.6 Å². The van der Waals surface area contributed by atoms with E-state index in [1.807, 2.05) is 19.1 Å². The maximum absolute atomic E-state index is 4.85. The molecule has 0 spiro atoms. The monoisotopic (exact) mass is 229 g/mol. The Kier molecular flexibility index (Phi) is 8.71. The molecule has 0 aliphatic rings. The van der Waals surface area contributed by atoms with E-state index >= 15 is 0 Å². The van der Waals surface area contributed by atoms with Gasteiger partial charge in [0.15, 0.2) is 0 Å². The molecule has 0 aliphatic heterocycles. The van der Waals surface area contributed by atoms with Gasteiger partial charge in [-0.25, -0.2) is 0 Å². The van der Waals surface area contributed by atoms with Gasteiger partial charge in [0.1, 0.15) is 0 Å². The highest BCUT2D eigenvalue weighted by molar-refractivity contribution is 5.65. The molecule has 0 aromatic heterocycles. The Labute approximate surface area is 105 Å². The predicted molar refractivity (Wildman–Crippen MR) is 78.9 cm³/mol. The third-order valence-corrected chi connectivity index (χ3v) is 2.10. The lowest BCUT2D eigenvalue weighted by Gasteiger charge is -2.00. The first-order valence-electron chi connectivity index (χ1n) is 5.88. The van der Waals surface area contributed by atoms with Crippen molar-refractivity contribution in [3.63, 3.8) is 0 Å². The topological polar surface area (TPSA) is 26.0 Å². The molecule has 2 N–H and O–H groups in total. The second-order valence-corrected chi connectivity index (χ2v) is 3.74. The summed E-state index contributed by atoms with van der Waals surface area (Å²) in [6, 6.07) is 8.54. The van der Waals surface area contributed by atoms with Crippen LogP contribution in [0.25, 0.3) is 5.57 Å². The average molecular weight is 229 g/mol. The standard InChI is InChI=1S/C14H16.C2H7N/c1-4-5-6-7-13(3)14-10-8-12(2)9-11-14;1-2-3/h4-11H,1H2,2-3H3;2-3H2,1H3/b6-5-,13-7+;. The molecule has 1 nitrogen and oxygen atoms in total. The van der Waals surface area contributed by atoms with Gasteiger partial charge in [-0.15, -0.1) is 0 Å². The summed E-state index contributed by atoms with van der Waals surface area (Å²) in [4.78, 5) is 0. The van der Waals surface area contributed by atoms with E-state index in [-0.39, 0.29) is 0 Å². The zero-order chi connectivity index (χ0) is 13.1. The molecule has 0 heterocycles. The van der Waals surface area contributed by atoms with Crippen molar-refractivity contribution in [2.45, 2.75) is 20.8 Å². The second-order valence-electron chi connectivity index (χ2n) is 3.74. The second kappa shape index (κ2) is 9.61. The van der Waals surface area contributed by atoms with Crippen LogP contribution in [0.2, 0.25) is 0 Å². The molecule has 0 saturated carbocycles. The number of hydrogen-bond donors (Lipinski definition) is 1. The number of benzene rings is 1. The van der Waals surface area contributed by atoms with Crippen molar-refractivity contribution < 1.29 is 0 Å². The molecule has 1 heteroatoms. The molecule has 1 rings (SSSR count). The summed E-state index contributed by atoms with van der Waals surface area (Å²) in [7, 11) is 0. The summed E-state index contributed by atoms with van der Waals surface area (Å²) >= 11 is 0. The first kappa shape index (κ1) is 15.4. The van der Waals surface area contributed by atoms with Crippen LogP contribution < -0.4 is 5.73 Å². The third-order valence-electron chi connectivity index (χ3n) is 2.10. The lowest BCUT2D eigenvalue weighted by molar-refractivity contribution is 1.14. The van der Waals surface area contributed by atoms with Gasteiger partial charge in [-0.3, -0.25) is 0 Å². The highest BCUT2D eigenvalue weighted by Crippen LogP contribution is 2.14. The van der Waals surface area contributed by atoms with Crippen molar-refractivity contribution in [1.82, 2.24) is 0 Å².